The molecule has 2 atom stereocenters. The van der Waals surface area contributed by atoms with E-state index in [-0.39, 0.29) is 17.5 Å². The molecule has 1 rings (SSSR count). The number of amides is 1. The van der Waals surface area contributed by atoms with Gasteiger partial charge in [-0.15, -0.1) is 0 Å². The fourth-order valence-electron chi connectivity index (χ4n) is 1.76. The molecular weight excluding hydrogens is 176 g/mol. The summed E-state index contributed by atoms with van der Waals surface area (Å²) in [5.74, 6) is 0.802. The van der Waals surface area contributed by atoms with E-state index in [1.807, 2.05) is 20.8 Å². The Morgan fingerprint density at radius 1 is 1.43 bits per heavy atom. The fourth-order valence-corrected chi connectivity index (χ4v) is 1.76. The van der Waals surface area contributed by atoms with Crippen molar-refractivity contribution in [2.75, 3.05) is 6.54 Å². The summed E-state index contributed by atoms with van der Waals surface area (Å²) in [4.78, 5) is 11.8. The van der Waals surface area contributed by atoms with Gasteiger partial charge in [0.2, 0.25) is 5.91 Å². The van der Waals surface area contributed by atoms with Crippen LogP contribution in [0.3, 0.4) is 0 Å². The van der Waals surface area contributed by atoms with Gasteiger partial charge in [-0.25, -0.2) is 0 Å². The molecule has 2 unspecified atom stereocenters. The molecule has 0 bridgehead atoms. The first-order valence-corrected chi connectivity index (χ1v) is 5.44. The topological polar surface area (TPSA) is 41.1 Å². The molecule has 0 aromatic heterocycles. The zero-order valence-corrected chi connectivity index (χ0v) is 9.68. The summed E-state index contributed by atoms with van der Waals surface area (Å²) in [6.07, 6.45) is 2.14. The predicted molar refractivity (Wildman–Crippen MR) is 58.1 cm³/mol. The minimum atomic E-state index is -0.126. The van der Waals surface area contributed by atoms with Crippen LogP contribution < -0.4 is 10.6 Å². The number of hydrogen-bond acceptors (Lipinski definition) is 2. The molecular formula is C11H22N2O. The lowest BCUT2D eigenvalue weighted by Gasteiger charge is -2.30. The van der Waals surface area contributed by atoms with Crippen molar-refractivity contribution < 1.29 is 4.79 Å². The van der Waals surface area contributed by atoms with Crippen molar-refractivity contribution in [3.05, 3.63) is 0 Å². The number of rotatable bonds is 1. The molecule has 0 saturated carbocycles. The summed E-state index contributed by atoms with van der Waals surface area (Å²) >= 11 is 0. The first kappa shape index (κ1) is 11.5. The third-order valence-electron chi connectivity index (χ3n) is 2.48. The zero-order chi connectivity index (χ0) is 10.8. The second kappa shape index (κ2) is 4.30. The molecule has 0 aromatic carbocycles. The second-order valence-electron chi connectivity index (χ2n) is 5.38. The van der Waals surface area contributed by atoms with Crippen molar-refractivity contribution in [1.29, 1.82) is 0 Å². The minimum Gasteiger partial charge on any atom is -0.350 e. The predicted octanol–water partition coefficient (Wildman–Crippen LogP) is 1.29. The van der Waals surface area contributed by atoms with Crippen LogP contribution in [0.5, 0.6) is 0 Å². The molecule has 0 aromatic rings. The maximum Gasteiger partial charge on any atom is 0.237 e. The molecule has 0 spiro atoms. The van der Waals surface area contributed by atoms with E-state index in [9.17, 15) is 4.79 Å². The highest BCUT2D eigenvalue weighted by atomic mass is 16.2. The van der Waals surface area contributed by atoms with Crippen LogP contribution in [0.1, 0.15) is 40.5 Å². The molecule has 1 fully saturated rings. The van der Waals surface area contributed by atoms with Gasteiger partial charge < -0.3 is 10.6 Å². The summed E-state index contributed by atoms with van der Waals surface area (Å²) in [6, 6.07) is 0.0120. The average molecular weight is 198 g/mol. The largest absolute Gasteiger partial charge is 0.350 e. The van der Waals surface area contributed by atoms with E-state index in [1.165, 1.54) is 6.42 Å². The van der Waals surface area contributed by atoms with Crippen LogP contribution in [0, 0.1) is 5.92 Å². The molecule has 1 aliphatic heterocycles. The van der Waals surface area contributed by atoms with Gasteiger partial charge in [-0.3, -0.25) is 4.79 Å². The molecule has 1 amide bonds. The summed E-state index contributed by atoms with van der Waals surface area (Å²) < 4.78 is 0. The summed E-state index contributed by atoms with van der Waals surface area (Å²) in [7, 11) is 0. The Morgan fingerprint density at radius 3 is 2.57 bits per heavy atom. The molecule has 2 N–H and O–H groups in total. The molecule has 1 aliphatic rings. The average Bonchev–Trinajstić information content (AvgIpc) is 2.01. The quantitative estimate of drug-likeness (QED) is 0.666. The van der Waals surface area contributed by atoms with Crippen LogP contribution in [-0.2, 0) is 4.79 Å². The van der Waals surface area contributed by atoms with E-state index in [0.717, 1.165) is 13.0 Å². The second-order valence-corrected chi connectivity index (χ2v) is 5.38. The summed E-state index contributed by atoms with van der Waals surface area (Å²) in [5, 5.41) is 6.27. The Balaban J connectivity index is 2.44. The third-order valence-corrected chi connectivity index (χ3v) is 2.48. The van der Waals surface area contributed by atoms with Gasteiger partial charge in [0.05, 0.1) is 6.04 Å². The monoisotopic (exact) mass is 198 g/mol. The molecule has 3 nitrogen and oxygen atoms in total. The van der Waals surface area contributed by atoms with E-state index in [1.54, 1.807) is 0 Å². The highest BCUT2D eigenvalue weighted by molar-refractivity contribution is 5.82. The Morgan fingerprint density at radius 2 is 2.07 bits per heavy atom. The van der Waals surface area contributed by atoms with Gasteiger partial charge >= 0.3 is 0 Å². The van der Waals surface area contributed by atoms with Crippen LogP contribution in [0.25, 0.3) is 0 Å². The molecule has 0 aliphatic carbocycles. The summed E-state index contributed by atoms with van der Waals surface area (Å²) in [5.41, 5.74) is -0.126. The lowest BCUT2D eigenvalue weighted by atomic mass is 9.93. The zero-order valence-electron chi connectivity index (χ0n) is 9.68. The maximum atomic E-state index is 11.8. The molecule has 1 heterocycles. The Hall–Kier alpha value is -0.570. The van der Waals surface area contributed by atoms with Crippen molar-refractivity contribution in [2.45, 2.75) is 52.1 Å². The van der Waals surface area contributed by atoms with Gasteiger partial charge in [0.25, 0.3) is 0 Å². The van der Waals surface area contributed by atoms with Crippen LogP contribution in [-0.4, -0.2) is 24.0 Å². The van der Waals surface area contributed by atoms with Crippen molar-refractivity contribution in [1.82, 2.24) is 10.6 Å². The van der Waals surface area contributed by atoms with Gasteiger partial charge in [-0.2, -0.15) is 0 Å². The Bertz CT molecular complexity index is 208. The Kier molecular flexibility index (Phi) is 3.53. The molecule has 14 heavy (non-hydrogen) atoms. The number of carbonyl (C=O) groups excluding carboxylic acids is 1. The molecule has 3 heteroatoms. The van der Waals surface area contributed by atoms with Crippen molar-refractivity contribution >= 4 is 5.91 Å². The van der Waals surface area contributed by atoms with Gasteiger partial charge in [0, 0.05) is 5.54 Å². The highest BCUT2D eigenvalue weighted by Crippen LogP contribution is 2.15. The molecule has 0 radical (unpaired) electrons. The van der Waals surface area contributed by atoms with E-state index >= 15 is 0 Å². The van der Waals surface area contributed by atoms with E-state index < -0.39 is 0 Å². The van der Waals surface area contributed by atoms with Gasteiger partial charge in [0.1, 0.15) is 0 Å². The van der Waals surface area contributed by atoms with Crippen molar-refractivity contribution in [3.8, 4) is 0 Å². The number of hydrogen-bond donors (Lipinski definition) is 2. The third kappa shape index (κ3) is 3.66. The van der Waals surface area contributed by atoms with E-state index in [0.29, 0.717) is 5.92 Å². The molecule has 1 saturated heterocycles. The first-order chi connectivity index (χ1) is 6.38. The van der Waals surface area contributed by atoms with Crippen molar-refractivity contribution in [2.24, 2.45) is 5.92 Å². The van der Waals surface area contributed by atoms with Crippen LogP contribution in [0.2, 0.25) is 0 Å². The minimum absolute atomic E-state index is 0.0120. The normalized spacial score (nSPS) is 28.6. The fraction of sp³-hybridized carbons (Fsp3) is 0.909. The number of nitrogens with one attached hydrogen (secondary N) is 2. The van der Waals surface area contributed by atoms with Gasteiger partial charge in [-0.1, -0.05) is 6.92 Å². The van der Waals surface area contributed by atoms with E-state index in [2.05, 4.69) is 17.6 Å². The van der Waals surface area contributed by atoms with Crippen LogP contribution in [0.15, 0.2) is 0 Å². The van der Waals surface area contributed by atoms with Crippen LogP contribution >= 0.6 is 0 Å². The van der Waals surface area contributed by atoms with Gasteiger partial charge in [-0.05, 0) is 46.1 Å². The van der Waals surface area contributed by atoms with E-state index in [4.69, 9.17) is 0 Å². The number of piperidine rings is 1. The summed E-state index contributed by atoms with van der Waals surface area (Å²) in [6.45, 7) is 9.20. The highest BCUT2D eigenvalue weighted by Gasteiger charge is 2.26. The van der Waals surface area contributed by atoms with Crippen LogP contribution in [0.4, 0.5) is 0 Å². The SMILES string of the molecule is CC1CCNC(C(=O)NC(C)(C)C)C1. The van der Waals surface area contributed by atoms with Crippen molar-refractivity contribution in [3.63, 3.8) is 0 Å². The maximum absolute atomic E-state index is 11.8. The lowest BCUT2D eigenvalue weighted by Crippen LogP contribution is -2.53. The first-order valence-electron chi connectivity index (χ1n) is 5.44. The lowest BCUT2D eigenvalue weighted by molar-refractivity contribution is -0.125. The standard InChI is InChI=1S/C11H22N2O/c1-8-5-6-12-9(7-8)10(14)13-11(2,3)4/h8-9,12H,5-7H2,1-4H3,(H,13,14). The Labute approximate surface area is 86.6 Å². The van der Waals surface area contributed by atoms with Gasteiger partial charge in [0.15, 0.2) is 0 Å². The molecule has 82 valence electrons. The smallest absolute Gasteiger partial charge is 0.237 e. The number of carbonyl (C=O) groups is 1.